The van der Waals surface area contributed by atoms with Crippen LogP contribution in [0.2, 0.25) is 5.02 Å². The van der Waals surface area contributed by atoms with Crippen molar-refractivity contribution in [1.29, 1.82) is 0 Å². The first kappa shape index (κ1) is 9.72. The van der Waals surface area contributed by atoms with Crippen LogP contribution in [0.1, 0.15) is 5.69 Å². The minimum absolute atomic E-state index is 0.245. The Balaban J connectivity index is 2.08. The van der Waals surface area contributed by atoms with E-state index in [-0.39, 0.29) is 5.82 Å². The van der Waals surface area contributed by atoms with Gasteiger partial charge in [-0.2, -0.15) is 0 Å². The van der Waals surface area contributed by atoms with E-state index < -0.39 is 0 Å². The predicted octanol–water partition coefficient (Wildman–Crippen LogP) is 1.31. The van der Waals surface area contributed by atoms with E-state index in [9.17, 15) is 0 Å². The molecule has 2 aromatic rings. The Morgan fingerprint density at radius 1 is 1.47 bits per heavy atom. The molecule has 0 amide bonds. The highest BCUT2D eigenvalue weighted by molar-refractivity contribution is 6.35. The lowest BCUT2D eigenvalue weighted by Gasteiger charge is -2.05. The molecule has 7 heteroatoms. The summed E-state index contributed by atoms with van der Waals surface area (Å²) in [6.07, 6.45) is 2.83. The minimum atomic E-state index is 0.245. The van der Waals surface area contributed by atoms with Crippen molar-refractivity contribution in [2.45, 2.75) is 6.54 Å². The zero-order chi connectivity index (χ0) is 10.7. The van der Waals surface area contributed by atoms with Crippen LogP contribution in [0.15, 0.2) is 23.2 Å². The summed E-state index contributed by atoms with van der Waals surface area (Å²) in [5.74, 6) is 0.724. The van der Waals surface area contributed by atoms with Crippen LogP contribution in [0, 0.1) is 0 Å². The van der Waals surface area contributed by atoms with Gasteiger partial charge in [-0.3, -0.25) is 0 Å². The van der Waals surface area contributed by atoms with Gasteiger partial charge in [-0.25, -0.2) is 9.97 Å². The molecule has 78 valence electrons. The summed E-state index contributed by atoms with van der Waals surface area (Å²) < 4.78 is 4.68. The van der Waals surface area contributed by atoms with E-state index in [1.807, 2.05) is 0 Å². The topological polar surface area (TPSA) is 89.9 Å². The molecule has 15 heavy (non-hydrogen) atoms. The summed E-state index contributed by atoms with van der Waals surface area (Å²) in [5.41, 5.74) is 6.27. The van der Waals surface area contributed by atoms with E-state index in [1.54, 1.807) is 6.07 Å². The second-order valence-corrected chi connectivity index (χ2v) is 3.14. The molecule has 2 aromatic heterocycles. The van der Waals surface area contributed by atoms with Gasteiger partial charge in [-0.1, -0.05) is 16.8 Å². The highest BCUT2D eigenvalue weighted by atomic mass is 35.5. The van der Waals surface area contributed by atoms with Crippen molar-refractivity contribution in [2.24, 2.45) is 0 Å². The number of anilines is 2. The smallest absolute Gasteiger partial charge is 0.150 e. The third kappa shape index (κ3) is 2.16. The second-order valence-electron chi connectivity index (χ2n) is 2.77. The number of nitrogens with two attached hydrogens (primary N) is 1. The molecule has 2 rings (SSSR count). The molecule has 3 N–H and O–H groups in total. The van der Waals surface area contributed by atoms with Gasteiger partial charge in [-0.15, -0.1) is 0 Å². The van der Waals surface area contributed by atoms with Crippen molar-refractivity contribution in [3.05, 3.63) is 29.4 Å². The van der Waals surface area contributed by atoms with E-state index in [0.717, 1.165) is 5.69 Å². The van der Waals surface area contributed by atoms with Crippen LogP contribution >= 0.6 is 11.6 Å². The summed E-state index contributed by atoms with van der Waals surface area (Å²) in [6, 6.07) is 1.74. The Labute approximate surface area is 90.5 Å². The van der Waals surface area contributed by atoms with Crippen LogP contribution in [0.3, 0.4) is 0 Å². The lowest BCUT2D eigenvalue weighted by molar-refractivity contribution is 0.412. The molecular weight excluding hydrogens is 218 g/mol. The molecule has 0 radical (unpaired) electrons. The fraction of sp³-hybridized carbons (Fsp3) is 0.125. The molecule has 2 heterocycles. The van der Waals surface area contributed by atoms with Crippen LogP contribution in [-0.4, -0.2) is 15.1 Å². The molecule has 0 fully saturated rings. The van der Waals surface area contributed by atoms with E-state index >= 15 is 0 Å². The normalized spacial score (nSPS) is 10.2. The summed E-state index contributed by atoms with van der Waals surface area (Å²) in [7, 11) is 0. The molecule has 0 unspecified atom stereocenters. The van der Waals surface area contributed by atoms with Gasteiger partial charge in [0.15, 0.2) is 5.82 Å². The molecule has 0 aromatic carbocycles. The lowest BCUT2D eigenvalue weighted by atomic mass is 10.4. The SMILES string of the molecule is Nc1ncnc(NCc2ccon2)c1Cl. The van der Waals surface area contributed by atoms with E-state index in [0.29, 0.717) is 17.4 Å². The third-order valence-corrected chi connectivity index (χ3v) is 2.12. The summed E-state index contributed by atoms with van der Waals surface area (Å²) in [6.45, 7) is 0.465. The second kappa shape index (κ2) is 4.14. The predicted molar refractivity (Wildman–Crippen MR) is 55.3 cm³/mol. The fourth-order valence-electron chi connectivity index (χ4n) is 1.01. The first-order chi connectivity index (χ1) is 7.27. The van der Waals surface area contributed by atoms with Crippen molar-refractivity contribution in [2.75, 3.05) is 11.1 Å². The van der Waals surface area contributed by atoms with Crippen molar-refractivity contribution in [3.63, 3.8) is 0 Å². The van der Waals surface area contributed by atoms with Gasteiger partial charge in [-0.05, 0) is 0 Å². The Morgan fingerprint density at radius 2 is 2.33 bits per heavy atom. The molecule has 0 atom stereocenters. The van der Waals surface area contributed by atoms with Crippen LogP contribution in [0.4, 0.5) is 11.6 Å². The van der Waals surface area contributed by atoms with Gasteiger partial charge >= 0.3 is 0 Å². The van der Waals surface area contributed by atoms with Crippen LogP contribution in [0.25, 0.3) is 0 Å². The first-order valence-corrected chi connectivity index (χ1v) is 4.54. The Bertz CT molecular complexity index is 444. The number of nitrogen functional groups attached to an aromatic ring is 1. The maximum Gasteiger partial charge on any atom is 0.150 e. The third-order valence-electron chi connectivity index (χ3n) is 1.74. The van der Waals surface area contributed by atoms with E-state index in [1.165, 1.54) is 12.6 Å². The molecule has 0 aliphatic heterocycles. The number of rotatable bonds is 3. The fourth-order valence-corrected chi connectivity index (χ4v) is 1.17. The zero-order valence-corrected chi connectivity index (χ0v) is 8.40. The summed E-state index contributed by atoms with van der Waals surface area (Å²) in [4.78, 5) is 7.69. The van der Waals surface area contributed by atoms with E-state index in [2.05, 4.69) is 25.0 Å². The molecule has 0 aliphatic rings. The number of hydrogen-bond acceptors (Lipinski definition) is 6. The number of aromatic nitrogens is 3. The number of nitrogens with zero attached hydrogens (tertiary/aromatic N) is 3. The maximum absolute atomic E-state index is 5.88. The minimum Gasteiger partial charge on any atom is -0.382 e. The average molecular weight is 226 g/mol. The van der Waals surface area contributed by atoms with Crippen molar-refractivity contribution >= 4 is 23.2 Å². The standard InChI is InChI=1S/C8H8ClN5O/c9-6-7(10)12-4-13-8(6)11-3-5-1-2-15-14-5/h1-2,4H,3H2,(H3,10,11,12,13). The van der Waals surface area contributed by atoms with Crippen molar-refractivity contribution in [1.82, 2.24) is 15.1 Å². The van der Waals surface area contributed by atoms with Crippen LogP contribution < -0.4 is 11.1 Å². The number of nitrogens with one attached hydrogen (secondary N) is 1. The lowest BCUT2D eigenvalue weighted by Crippen LogP contribution is -2.04. The molecular formula is C8H8ClN5O. The highest BCUT2D eigenvalue weighted by Gasteiger charge is 2.06. The monoisotopic (exact) mass is 225 g/mol. The van der Waals surface area contributed by atoms with Crippen molar-refractivity contribution < 1.29 is 4.52 Å². The number of halogens is 1. The van der Waals surface area contributed by atoms with Gasteiger partial charge in [0.1, 0.15) is 29.1 Å². The Morgan fingerprint density at radius 3 is 3.07 bits per heavy atom. The molecule has 0 aliphatic carbocycles. The molecule has 0 spiro atoms. The van der Waals surface area contributed by atoms with E-state index in [4.69, 9.17) is 17.3 Å². The first-order valence-electron chi connectivity index (χ1n) is 4.16. The molecule has 0 bridgehead atoms. The summed E-state index contributed by atoms with van der Waals surface area (Å²) >= 11 is 5.88. The van der Waals surface area contributed by atoms with Gasteiger partial charge in [0.05, 0.1) is 6.54 Å². The van der Waals surface area contributed by atoms with Crippen LogP contribution in [-0.2, 0) is 6.54 Å². The highest BCUT2D eigenvalue weighted by Crippen LogP contribution is 2.23. The van der Waals surface area contributed by atoms with Gasteiger partial charge in [0.2, 0.25) is 0 Å². The number of hydrogen-bond donors (Lipinski definition) is 2. The average Bonchev–Trinajstić information content (AvgIpc) is 2.73. The maximum atomic E-state index is 5.88. The quantitative estimate of drug-likeness (QED) is 0.819. The van der Waals surface area contributed by atoms with Gasteiger partial charge in [0.25, 0.3) is 0 Å². The molecule has 0 saturated carbocycles. The Hall–Kier alpha value is -1.82. The molecule has 0 saturated heterocycles. The summed E-state index contributed by atoms with van der Waals surface area (Å²) in [5, 5.41) is 7.01. The largest absolute Gasteiger partial charge is 0.382 e. The van der Waals surface area contributed by atoms with Crippen molar-refractivity contribution in [3.8, 4) is 0 Å². The molecule has 6 nitrogen and oxygen atoms in total. The Kier molecular flexibility index (Phi) is 2.68. The van der Waals surface area contributed by atoms with Gasteiger partial charge in [0, 0.05) is 6.07 Å². The van der Waals surface area contributed by atoms with Crippen LogP contribution in [0.5, 0.6) is 0 Å². The zero-order valence-electron chi connectivity index (χ0n) is 7.64. The van der Waals surface area contributed by atoms with Gasteiger partial charge < -0.3 is 15.6 Å².